The third-order valence-corrected chi connectivity index (χ3v) is 6.01. The van der Waals surface area contributed by atoms with Gasteiger partial charge in [0.25, 0.3) is 5.91 Å². The average Bonchev–Trinajstić information content (AvgIpc) is 3.29. The van der Waals surface area contributed by atoms with Gasteiger partial charge in [-0.25, -0.2) is 5.01 Å². The van der Waals surface area contributed by atoms with Crippen molar-refractivity contribution in [2.24, 2.45) is 5.10 Å². The number of carbonyl (C=O) groups excluding carboxylic acids is 2. The van der Waals surface area contributed by atoms with E-state index >= 15 is 0 Å². The predicted molar refractivity (Wildman–Crippen MR) is 133 cm³/mol. The molecule has 0 spiro atoms. The van der Waals surface area contributed by atoms with Crippen LogP contribution in [0, 0.1) is 0 Å². The first kappa shape index (κ1) is 22.7. The number of hydrogen-bond donors (Lipinski definition) is 0. The Morgan fingerprint density at radius 1 is 1.12 bits per heavy atom. The molecule has 4 rings (SSSR count). The molecule has 0 saturated carbocycles. The Morgan fingerprint density at radius 2 is 1.85 bits per heavy atom. The molecule has 1 aliphatic heterocycles. The van der Waals surface area contributed by atoms with E-state index < -0.39 is 0 Å². The summed E-state index contributed by atoms with van der Waals surface area (Å²) in [6, 6.07) is 22.9. The molecule has 0 aliphatic carbocycles. The lowest BCUT2D eigenvalue weighted by Crippen LogP contribution is -2.31. The van der Waals surface area contributed by atoms with Gasteiger partial charge in [0.2, 0.25) is 0 Å². The summed E-state index contributed by atoms with van der Waals surface area (Å²) in [6.07, 6.45) is 1.32. The number of anilines is 1. The van der Waals surface area contributed by atoms with Gasteiger partial charge >= 0.3 is 0 Å². The molecule has 1 unspecified atom stereocenters. The summed E-state index contributed by atoms with van der Waals surface area (Å²) in [5.74, 6) is 0.0854. The summed E-state index contributed by atoms with van der Waals surface area (Å²) in [5.41, 5.74) is 4.30. The van der Waals surface area contributed by atoms with Crippen molar-refractivity contribution in [2.75, 3.05) is 25.6 Å². The fraction of sp³-hybridized carbons (Fsp3) is 0.192. The number of amides is 1. The Hall–Kier alpha value is -3.45. The van der Waals surface area contributed by atoms with Gasteiger partial charge in [0.1, 0.15) is 5.75 Å². The lowest BCUT2D eigenvalue weighted by atomic mass is 9.98. The van der Waals surface area contributed by atoms with Gasteiger partial charge in [-0.1, -0.05) is 58.4 Å². The zero-order valence-electron chi connectivity index (χ0n) is 18.4. The molecule has 0 N–H and O–H groups in total. The molecule has 1 atom stereocenters. The Morgan fingerprint density at radius 3 is 2.52 bits per heavy atom. The van der Waals surface area contributed by atoms with E-state index in [2.05, 4.69) is 21.0 Å². The minimum atomic E-state index is -0.276. The SMILES string of the molecule is CN(C)c1ccc(C2CC(c3ccccc3)=NN2C(=O)COc2ccc(Br)cc2C=O)cc1. The van der Waals surface area contributed by atoms with Crippen molar-refractivity contribution in [3.05, 3.63) is 94.0 Å². The van der Waals surface area contributed by atoms with E-state index in [1.54, 1.807) is 18.2 Å². The molecule has 0 bridgehead atoms. The Balaban J connectivity index is 1.59. The van der Waals surface area contributed by atoms with Gasteiger partial charge in [0.05, 0.1) is 17.3 Å². The molecule has 1 amide bonds. The minimum absolute atomic E-state index is 0.222. The fourth-order valence-electron chi connectivity index (χ4n) is 3.75. The summed E-state index contributed by atoms with van der Waals surface area (Å²) in [5, 5.41) is 6.18. The molecule has 3 aromatic rings. The minimum Gasteiger partial charge on any atom is -0.483 e. The number of aldehydes is 1. The van der Waals surface area contributed by atoms with Crippen molar-refractivity contribution < 1.29 is 14.3 Å². The molecule has 6 nitrogen and oxygen atoms in total. The lowest BCUT2D eigenvalue weighted by Gasteiger charge is -2.23. The summed E-state index contributed by atoms with van der Waals surface area (Å²) >= 11 is 3.34. The van der Waals surface area contributed by atoms with Crippen molar-refractivity contribution in [1.82, 2.24) is 5.01 Å². The monoisotopic (exact) mass is 505 g/mol. The maximum Gasteiger partial charge on any atom is 0.281 e. The predicted octanol–water partition coefficient (Wildman–Crippen LogP) is 5.08. The van der Waals surface area contributed by atoms with E-state index in [0.717, 1.165) is 27.0 Å². The Bertz CT molecular complexity index is 1180. The van der Waals surface area contributed by atoms with Gasteiger partial charge in [-0.3, -0.25) is 9.59 Å². The third-order valence-electron chi connectivity index (χ3n) is 5.52. The molecular weight excluding hydrogens is 482 g/mol. The molecule has 3 aromatic carbocycles. The molecule has 0 aromatic heterocycles. The number of halogens is 1. The summed E-state index contributed by atoms with van der Waals surface area (Å²) in [6.45, 7) is -0.222. The van der Waals surface area contributed by atoms with Crippen LogP contribution in [0.4, 0.5) is 5.69 Å². The van der Waals surface area contributed by atoms with Crippen LogP contribution in [0.25, 0.3) is 0 Å². The normalized spacial score (nSPS) is 15.2. The first-order valence-electron chi connectivity index (χ1n) is 10.6. The molecule has 0 radical (unpaired) electrons. The van der Waals surface area contributed by atoms with Crippen molar-refractivity contribution >= 4 is 39.5 Å². The molecule has 168 valence electrons. The maximum absolute atomic E-state index is 13.2. The van der Waals surface area contributed by atoms with Crippen molar-refractivity contribution in [2.45, 2.75) is 12.5 Å². The van der Waals surface area contributed by atoms with Gasteiger partial charge < -0.3 is 9.64 Å². The van der Waals surface area contributed by atoms with Crippen LogP contribution in [0.15, 0.2) is 82.4 Å². The van der Waals surface area contributed by atoms with Gasteiger partial charge in [-0.15, -0.1) is 0 Å². The zero-order chi connectivity index (χ0) is 23.4. The molecule has 1 aliphatic rings. The molecule has 1 heterocycles. The second-order valence-electron chi connectivity index (χ2n) is 7.95. The third kappa shape index (κ3) is 5.14. The number of hydrogen-bond acceptors (Lipinski definition) is 5. The Kier molecular flexibility index (Phi) is 6.89. The highest BCUT2D eigenvalue weighted by molar-refractivity contribution is 9.10. The summed E-state index contributed by atoms with van der Waals surface area (Å²) in [7, 11) is 3.98. The number of benzene rings is 3. The van der Waals surface area contributed by atoms with Gasteiger partial charge in [0.15, 0.2) is 12.9 Å². The van der Waals surface area contributed by atoms with Crippen LogP contribution in [0.3, 0.4) is 0 Å². The van der Waals surface area contributed by atoms with E-state index in [9.17, 15) is 9.59 Å². The van der Waals surface area contributed by atoms with Crippen LogP contribution in [0.5, 0.6) is 5.75 Å². The van der Waals surface area contributed by atoms with Crippen LogP contribution in [-0.4, -0.2) is 43.6 Å². The van der Waals surface area contributed by atoms with E-state index in [1.165, 1.54) is 5.01 Å². The van der Waals surface area contributed by atoms with Crippen molar-refractivity contribution in [3.63, 3.8) is 0 Å². The highest BCUT2D eigenvalue weighted by atomic mass is 79.9. The van der Waals surface area contributed by atoms with E-state index in [-0.39, 0.29) is 18.6 Å². The van der Waals surface area contributed by atoms with Gasteiger partial charge in [-0.05, 0) is 41.5 Å². The second kappa shape index (κ2) is 10.0. The van der Waals surface area contributed by atoms with Crippen LogP contribution in [-0.2, 0) is 4.79 Å². The second-order valence-corrected chi connectivity index (χ2v) is 8.86. The highest BCUT2D eigenvalue weighted by Gasteiger charge is 2.33. The zero-order valence-corrected chi connectivity index (χ0v) is 20.0. The topological polar surface area (TPSA) is 62.2 Å². The van der Waals surface area contributed by atoms with Gasteiger partial charge in [0, 0.05) is 30.7 Å². The van der Waals surface area contributed by atoms with E-state index in [4.69, 9.17) is 4.74 Å². The summed E-state index contributed by atoms with van der Waals surface area (Å²) in [4.78, 5) is 26.6. The Labute approximate surface area is 201 Å². The fourth-order valence-corrected chi connectivity index (χ4v) is 4.13. The van der Waals surface area contributed by atoms with Crippen LogP contribution in [0.2, 0.25) is 0 Å². The maximum atomic E-state index is 13.2. The van der Waals surface area contributed by atoms with E-state index in [0.29, 0.717) is 24.0 Å². The van der Waals surface area contributed by atoms with E-state index in [1.807, 2.05) is 73.6 Å². The molecular formula is C26H24BrN3O3. The van der Waals surface area contributed by atoms with Crippen molar-refractivity contribution in [1.29, 1.82) is 0 Å². The largest absolute Gasteiger partial charge is 0.483 e. The van der Waals surface area contributed by atoms with Crippen LogP contribution >= 0.6 is 15.9 Å². The number of hydrazone groups is 1. The molecule has 33 heavy (non-hydrogen) atoms. The average molecular weight is 506 g/mol. The number of nitrogens with zero attached hydrogens (tertiary/aromatic N) is 3. The lowest BCUT2D eigenvalue weighted by molar-refractivity contribution is -0.135. The van der Waals surface area contributed by atoms with Gasteiger partial charge in [-0.2, -0.15) is 5.10 Å². The highest BCUT2D eigenvalue weighted by Crippen LogP contribution is 2.34. The van der Waals surface area contributed by atoms with Crippen LogP contribution in [0.1, 0.15) is 33.9 Å². The number of rotatable bonds is 7. The summed E-state index contributed by atoms with van der Waals surface area (Å²) < 4.78 is 6.48. The first-order valence-corrected chi connectivity index (χ1v) is 11.4. The molecule has 7 heteroatoms. The number of carbonyl (C=O) groups is 2. The van der Waals surface area contributed by atoms with Crippen molar-refractivity contribution in [3.8, 4) is 5.75 Å². The van der Waals surface area contributed by atoms with Crippen LogP contribution < -0.4 is 9.64 Å². The quantitative estimate of drug-likeness (QED) is 0.419. The number of ether oxygens (including phenoxy) is 1. The molecule has 0 saturated heterocycles. The first-order chi connectivity index (χ1) is 16.0. The molecule has 0 fully saturated rings. The standard InChI is InChI=1S/C26H24BrN3O3/c1-29(2)22-11-8-19(9-12-22)24-15-23(18-6-4-3-5-7-18)28-30(24)26(32)17-33-25-13-10-21(27)14-20(25)16-31/h3-14,16,24H,15,17H2,1-2H3. The smallest absolute Gasteiger partial charge is 0.281 e.